The van der Waals surface area contributed by atoms with E-state index < -0.39 is 18.1 Å². The minimum atomic E-state index is -4.62. The monoisotopic (exact) mass is 301 g/mol. The first-order valence-electron chi connectivity index (χ1n) is 6.69. The van der Waals surface area contributed by atoms with Crippen molar-refractivity contribution in [3.05, 3.63) is 18.0 Å². The molecule has 2 atom stereocenters. The van der Waals surface area contributed by atoms with Gasteiger partial charge in [0.15, 0.2) is 5.65 Å². The molecular formula is C12H14F3N5O. The summed E-state index contributed by atoms with van der Waals surface area (Å²) in [7, 11) is 0. The van der Waals surface area contributed by atoms with E-state index in [1.165, 1.54) is 12.1 Å². The van der Waals surface area contributed by atoms with Gasteiger partial charge in [-0.3, -0.25) is 0 Å². The van der Waals surface area contributed by atoms with E-state index in [9.17, 15) is 18.3 Å². The van der Waals surface area contributed by atoms with Crippen LogP contribution < -0.4 is 5.32 Å². The molecule has 0 spiro atoms. The molecule has 2 heterocycles. The lowest BCUT2D eigenvalue weighted by molar-refractivity contribution is -0.146. The first-order chi connectivity index (χ1) is 9.95. The molecule has 0 aromatic carbocycles. The fourth-order valence-electron chi connectivity index (χ4n) is 2.51. The maximum Gasteiger partial charge on any atom is 0.453 e. The van der Waals surface area contributed by atoms with Gasteiger partial charge in [-0.25, -0.2) is 0 Å². The van der Waals surface area contributed by atoms with Gasteiger partial charge in [0.1, 0.15) is 5.82 Å². The predicted octanol–water partition coefficient (Wildman–Crippen LogP) is 1.86. The largest absolute Gasteiger partial charge is 0.453 e. The number of aliphatic hydroxyl groups excluding tert-OH is 1. The van der Waals surface area contributed by atoms with Crippen LogP contribution >= 0.6 is 0 Å². The molecule has 1 aliphatic carbocycles. The lowest BCUT2D eigenvalue weighted by Crippen LogP contribution is -2.36. The average Bonchev–Trinajstić information content (AvgIpc) is 2.84. The fourth-order valence-corrected chi connectivity index (χ4v) is 2.51. The highest BCUT2D eigenvalue weighted by Gasteiger charge is 2.37. The number of hydrogen-bond acceptors (Lipinski definition) is 5. The molecule has 1 saturated carbocycles. The van der Waals surface area contributed by atoms with Gasteiger partial charge in [0.2, 0.25) is 0 Å². The smallest absolute Gasteiger partial charge is 0.391 e. The number of halogens is 3. The lowest BCUT2D eigenvalue weighted by Gasteiger charge is -2.28. The van der Waals surface area contributed by atoms with E-state index in [2.05, 4.69) is 20.6 Å². The molecule has 0 aliphatic heterocycles. The number of rotatable bonds is 2. The second-order valence-corrected chi connectivity index (χ2v) is 5.11. The third-order valence-corrected chi connectivity index (χ3v) is 3.58. The van der Waals surface area contributed by atoms with Crippen molar-refractivity contribution < 1.29 is 18.3 Å². The molecule has 21 heavy (non-hydrogen) atoms. The quantitative estimate of drug-likeness (QED) is 0.885. The van der Waals surface area contributed by atoms with Crippen LogP contribution in [0, 0.1) is 0 Å². The summed E-state index contributed by atoms with van der Waals surface area (Å²) in [6.45, 7) is 0. The second kappa shape index (κ2) is 5.14. The molecule has 2 aromatic heterocycles. The van der Waals surface area contributed by atoms with Crippen LogP contribution in [0.4, 0.5) is 19.0 Å². The maximum absolute atomic E-state index is 12.8. The Kier molecular flexibility index (Phi) is 3.44. The lowest BCUT2D eigenvalue weighted by atomic mass is 9.93. The highest BCUT2D eigenvalue weighted by molar-refractivity contribution is 5.44. The van der Waals surface area contributed by atoms with Crippen LogP contribution in [0.15, 0.2) is 12.1 Å². The minimum absolute atomic E-state index is 0.0251. The molecule has 0 unspecified atom stereocenters. The Balaban J connectivity index is 1.89. The molecule has 114 valence electrons. The van der Waals surface area contributed by atoms with Crippen molar-refractivity contribution in [1.29, 1.82) is 0 Å². The van der Waals surface area contributed by atoms with Crippen molar-refractivity contribution in [2.24, 2.45) is 0 Å². The van der Waals surface area contributed by atoms with E-state index in [0.717, 1.165) is 19.3 Å². The van der Waals surface area contributed by atoms with Gasteiger partial charge in [0.25, 0.3) is 5.82 Å². The molecule has 0 amide bonds. The number of anilines is 1. The standard InChI is InChI=1S/C12H14F3N5O/c13-12(14,15)11-18-17-10-6-5-9(19-20(10)11)16-7-3-1-2-4-8(7)21/h5-8,21H,1-4H2,(H,16,19)/t7-,8-/m0/s1. The normalized spacial score (nSPS) is 23.4. The van der Waals surface area contributed by atoms with Gasteiger partial charge in [-0.2, -0.15) is 17.7 Å². The Morgan fingerprint density at radius 1 is 1.19 bits per heavy atom. The van der Waals surface area contributed by atoms with Crippen LogP contribution in [0.25, 0.3) is 5.65 Å². The van der Waals surface area contributed by atoms with E-state index in [1.54, 1.807) is 0 Å². The van der Waals surface area contributed by atoms with Crippen LogP contribution in [0.5, 0.6) is 0 Å². The molecule has 3 rings (SSSR count). The van der Waals surface area contributed by atoms with Gasteiger partial charge < -0.3 is 10.4 Å². The molecule has 1 fully saturated rings. The predicted molar refractivity (Wildman–Crippen MR) is 67.7 cm³/mol. The summed E-state index contributed by atoms with van der Waals surface area (Å²) >= 11 is 0. The molecule has 6 nitrogen and oxygen atoms in total. The zero-order valence-corrected chi connectivity index (χ0v) is 11.0. The Morgan fingerprint density at radius 2 is 1.95 bits per heavy atom. The van der Waals surface area contributed by atoms with Gasteiger partial charge in [0.05, 0.1) is 12.1 Å². The molecule has 0 radical (unpaired) electrons. The van der Waals surface area contributed by atoms with Gasteiger partial charge in [-0.1, -0.05) is 12.8 Å². The van der Waals surface area contributed by atoms with E-state index >= 15 is 0 Å². The zero-order valence-electron chi connectivity index (χ0n) is 11.0. The highest BCUT2D eigenvalue weighted by Crippen LogP contribution is 2.28. The summed E-state index contributed by atoms with van der Waals surface area (Å²) in [4.78, 5) is 0. The molecule has 1 aliphatic rings. The maximum atomic E-state index is 12.8. The molecule has 2 N–H and O–H groups in total. The second-order valence-electron chi connectivity index (χ2n) is 5.11. The molecular weight excluding hydrogens is 287 g/mol. The van der Waals surface area contributed by atoms with Crippen LogP contribution in [-0.4, -0.2) is 37.1 Å². The first-order valence-corrected chi connectivity index (χ1v) is 6.69. The third kappa shape index (κ3) is 2.78. The number of aliphatic hydroxyl groups is 1. The molecule has 0 saturated heterocycles. The number of nitrogens with zero attached hydrogens (tertiary/aromatic N) is 4. The number of alkyl halides is 3. The number of hydrogen-bond donors (Lipinski definition) is 2. The van der Waals surface area contributed by atoms with Gasteiger partial charge in [-0.05, 0) is 25.0 Å². The molecule has 9 heteroatoms. The van der Waals surface area contributed by atoms with Crippen LogP contribution in [0.1, 0.15) is 31.5 Å². The van der Waals surface area contributed by atoms with E-state index in [4.69, 9.17) is 0 Å². The van der Waals surface area contributed by atoms with Crippen molar-refractivity contribution in [3.63, 3.8) is 0 Å². The van der Waals surface area contributed by atoms with Crippen molar-refractivity contribution in [3.8, 4) is 0 Å². The SMILES string of the molecule is O[C@H]1CCCC[C@@H]1Nc1ccc2nnc(C(F)(F)F)n2n1. The summed E-state index contributed by atoms with van der Waals surface area (Å²) in [6, 6.07) is 2.74. The summed E-state index contributed by atoms with van der Waals surface area (Å²) in [5.74, 6) is -0.899. The molecule has 0 bridgehead atoms. The third-order valence-electron chi connectivity index (χ3n) is 3.58. The van der Waals surface area contributed by atoms with Crippen LogP contribution in [-0.2, 0) is 6.18 Å². The minimum Gasteiger partial charge on any atom is -0.391 e. The average molecular weight is 301 g/mol. The van der Waals surface area contributed by atoms with E-state index in [-0.39, 0.29) is 17.5 Å². The number of aromatic nitrogens is 4. The van der Waals surface area contributed by atoms with Gasteiger partial charge in [-0.15, -0.1) is 15.3 Å². The highest BCUT2D eigenvalue weighted by atomic mass is 19.4. The van der Waals surface area contributed by atoms with Crippen molar-refractivity contribution >= 4 is 11.5 Å². The van der Waals surface area contributed by atoms with Gasteiger partial charge in [0, 0.05) is 0 Å². The Labute approximate surface area is 118 Å². The number of fused-ring (bicyclic) bond motifs is 1. The van der Waals surface area contributed by atoms with E-state index in [1.807, 2.05) is 0 Å². The molecule has 2 aromatic rings. The van der Waals surface area contributed by atoms with Crippen LogP contribution in [0.3, 0.4) is 0 Å². The Bertz CT molecular complexity index is 641. The zero-order chi connectivity index (χ0) is 15.0. The number of nitrogens with one attached hydrogen (secondary N) is 1. The first kappa shape index (κ1) is 14.1. The summed E-state index contributed by atoms with van der Waals surface area (Å²) in [5.41, 5.74) is 0.0251. The Morgan fingerprint density at radius 3 is 2.67 bits per heavy atom. The topological polar surface area (TPSA) is 75.3 Å². The van der Waals surface area contributed by atoms with E-state index in [0.29, 0.717) is 10.9 Å². The van der Waals surface area contributed by atoms with Crippen molar-refractivity contribution in [1.82, 2.24) is 19.8 Å². The Hall–Kier alpha value is -1.90. The van der Waals surface area contributed by atoms with Crippen LogP contribution in [0.2, 0.25) is 0 Å². The van der Waals surface area contributed by atoms with Crippen molar-refractivity contribution in [2.45, 2.75) is 44.0 Å². The summed E-state index contributed by atoms with van der Waals surface area (Å²) < 4.78 is 39.0. The van der Waals surface area contributed by atoms with Crippen molar-refractivity contribution in [2.75, 3.05) is 5.32 Å². The summed E-state index contributed by atoms with van der Waals surface area (Å²) in [5, 5.41) is 23.3. The summed E-state index contributed by atoms with van der Waals surface area (Å²) in [6.07, 6.45) is -1.77. The van der Waals surface area contributed by atoms with Gasteiger partial charge >= 0.3 is 6.18 Å². The fraction of sp³-hybridized carbons (Fsp3) is 0.583.